The second kappa shape index (κ2) is 12.9. The van der Waals surface area contributed by atoms with Gasteiger partial charge in [-0.1, -0.05) is 6.42 Å². The van der Waals surface area contributed by atoms with Crippen LogP contribution < -0.4 is 24.8 Å². The molecule has 1 fully saturated rings. The minimum Gasteiger partial charge on any atom is -0.496 e. The predicted octanol–water partition coefficient (Wildman–Crippen LogP) is 2.48. The largest absolute Gasteiger partial charge is 0.496 e. The molecule has 1 aromatic carbocycles. The summed E-state index contributed by atoms with van der Waals surface area (Å²) in [6, 6.07) is 3.71. The molecule has 1 aliphatic heterocycles. The maximum absolute atomic E-state index is 5.49. The lowest BCUT2D eigenvalue weighted by Crippen LogP contribution is -2.42. The summed E-state index contributed by atoms with van der Waals surface area (Å²) >= 11 is 0. The highest BCUT2D eigenvalue weighted by molar-refractivity contribution is 14.0. The molecular formula is C19H33IN4O3. The Labute approximate surface area is 179 Å². The Bertz CT molecular complexity index is 567. The van der Waals surface area contributed by atoms with Crippen molar-refractivity contribution in [1.29, 1.82) is 0 Å². The van der Waals surface area contributed by atoms with Crippen LogP contribution in [0.1, 0.15) is 24.8 Å². The molecule has 1 saturated heterocycles. The van der Waals surface area contributed by atoms with E-state index in [4.69, 9.17) is 14.2 Å². The lowest BCUT2D eigenvalue weighted by Gasteiger charge is -2.26. The van der Waals surface area contributed by atoms with Crippen molar-refractivity contribution in [2.75, 3.05) is 54.6 Å². The Balaban J connectivity index is 0.00000364. The monoisotopic (exact) mass is 492 g/mol. The SMILES string of the molecule is CN=C(NCCN1CCCCC1)NCc1c(OC)cc(OC)cc1OC.I. The lowest BCUT2D eigenvalue weighted by atomic mass is 10.1. The third-order valence-electron chi connectivity index (χ3n) is 4.64. The molecule has 8 heteroatoms. The van der Waals surface area contributed by atoms with Crippen LogP contribution >= 0.6 is 24.0 Å². The third kappa shape index (κ3) is 7.25. The molecule has 0 atom stereocenters. The van der Waals surface area contributed by atoms with Crippen LogP contribution in [0.4, 0.5) is 0 Å². The average Bonchev–Trinajstić information content (AvgIpc) is 2.70. The van der Waals surface area contributed by atoms with E-state index in [1.165, 1.54) is 32.4 Å². The van der Waals surface area contributed by atoms with Crippen LogP contribution in [0.2, 0.25) is 0 Å². The van der Waals surface area contributed by atoms with E-state index in [0.29, 0.717) is 12.3 Å². The molecule has 0 aromatic heterocycles. The van der Waals surface area contributed by atoms with Gasteiger partial charge in [-0.3, -0.25) is 4.99 Å². The van der Waals surface area contributed by atoms with Crippen LogP contribution in [-0.4, -0.2) is 65.4 Å². The van der Waals surface area contributed by atoms with Crippen LogP contribution in [0, 0.1) is 0 Å². The Morgan fingerprint density at radius 2 is 1.63 bits per heavy atom. The molecule has 1 aliphatic rings. The fourth-order valence-electron chi connectivity index (χ4n) is 3.16. The van der Waals surface area contributed by atoms with Crippen LogP contribution in [0.25, 0.3) is 0 Å². The van der Waals surface area contributed by atoms with Gasteiger partial charge in [0, 0.05) is 32.3 Å². The molecule has 0 bridgehead atoms. The highest BCUT2D eigenvalue weighted by atomic mass is 127. The zero-order chi connectivity index (χ0) is 18.8. The van der Waals surface area contributed by atoms with Crippen LogP contribution in [0.15, 0.2) is 17.1 Å². The number of hydrogen-bond acceptors (Lipinski definition) is 5. The van der Waals surface area contributed by atoms with Crippen LogP contribution in [0.3, 0.4) is 0 Å². The minimum absolute atomic E-state index is 0. The molecule has 7 nitrogen and oxygen atoms in total. The lowest BCUT2D eigenvalue weighted by molar-refractivity contribution is 0.232. The van der Waals surface area contributed by atoms with Gasteiger partial charge in [0.15, 0.2) is 5.96 Å². The van der Waals surface area contributed by atoms with Crippen molar-refractivity contribution in [3.05, 3.63) is 17.7 Å². The number of nitrogens with one attached hydrogen (secondary N) is 2. The van der Waals surface area contributed by atoms with Gasteiger partial charge in [-0.2, -0.15) is 0 Å². The Hall–Kier alpha value is -1.42. The molecular weight excluding hydrogens is 459 g/mol. The van der Waals surface area contributed by atoms with Crippen molar-refractivity contribution >= 4 is 29.9 Å². The van der Waals surface area contributed by atoms with E-state index in [0.717, 1.165) is 36.1 Å². The van der Waals surface area contributed by atoms with Gasteiger partial charge < -0.3 is 29.7 Å². The van der Waals surface area contributed by atoms with Gasteiger partial charge in [0.25, 0.3) is 0 Å². The third-order valence-corrected chi connectivity index (χ3v) is 4.64. The van der Waals surface area contributed by atoms with Crippen molar-refractivity contribution < 1.29 is 14.2 Å². The number of piperidine rings is 1. The van der Waals surface area contributed by atoms with Crippen molar-refractivity contribution in [1.82, 2.24) is 15.5 Å². The summed E-state index contributed by atoms with van der Waals surface area (Å²) in [5, 5.41) is 6.71. The molecule has 0 spiro atoms. The van der Waals surface area contributed by atoms with Crippen molar-refractivity contribution in [3.8, 4) is 17.2 Å². The molecule has 0 radical (unpaired) electrons. The Kier molecular flexibility index (Phi) is 11.3. The number of benzene rings is 1. The summed E-state index contributed by atoms with van der Waals surface area (Å²) in [6.45, 7) is 4.86. The summed E-state index contributed by atoms with van der Waals surface area (Å²) in [4.78, 5) is 6.80. The first-order valence-electron chi connectivity index (χ1n) is 9.17. The van der Waals surface area contributed by atoms with E-state index in [2.05, 4.69) is 20.5 Å². The average molecular weight is 492 g/mol. The van der Waals surface area contributed by atoms with Gasteiger partial charge in [0.2, 0.25) is 0 Å². The van der Waals surface area contributed by atoms with E-state index >= 15 is 0 Å². The number of rotatable bonds is 8. The molecule has 0 saturated carbocycles. The van der Waals surface area contributed by atoms with E-state index in [9.17, 15) is 0 Å². The first-order valence-corrected chi connectivity index (χ1v) is 9.17. The number of nitrogens with zero attached hydrogens (tertiary/aromatic N) is 2. The second-order valence-electron chi connectivity index (χ2n) is 6.27. The molecule has 154 valence electrons. The number of guanidine groups is 1. The first-order chi connectivity index (χ1) is 12.7. The van der Waals surface area contributed by atoms with Crippen molar-refractivity contribution in [2.45, 2.75) is 25.8 Å². The number of halogens is 1. The van der Waals surface area contributed by atoms with Gasteiger partial charge in [-0.05, 0) is 25.9 Å². The topological polar surface area (TPSA) is 67.4 Å². The highest BCUT2D eigenvalue weighted by Gasteiger charge is 2.14. The molecule has 2 rings (SSSR count). The summed E-state index contributed by atoms with van der Waals surface area (Å²) in [5.74, 6) is 2.91. The van der Waals surface area contributed by atoms with E-state index < -0.39 is 0 Å². The summed E-state index contributed by atoms with van der Waals surface area (Å²) in [6.07, 6.45) is 3.98. The van der Waals surface area contributed by atoms with Crippen LogP contribution in [0.5, 0.6) is 17.2 Å². The Morgan fingerprint density at radius 3 is 2.15 bits per heavy atom. The highest BCUT2D eigenvalue weighted by Crippen LogP contribution is 2.33. The maximum atomic E-state index is 5.49. The molecule has 1 aromatic rings. The summed E-state index contributed by atoms with van der Waals surface area (Å²) in [5.41, 5.74) is 0.926. The van der Waals surface area contributed by atoms with E-state index in [1.54, 1.807) is 28.4 Å². The summed E-state index contributed by atoms with van der Waals surface area (Å²) in [7, 11) is 6.69. The molecule has 0 aliphatic carbocycles. The normalized spacial score (nSPS) is 14.9. The zero-order valence-electron chi connectivity index (χ0n) is 16.8. The summed E-state index contributed by atoms with van der Waals surface area (Å²) < 4.78 is 16.3. The molecule has 2 N–H and O–H groups in total. The number of likely N-dealkylation sites (tertiary alicyclic amines) is 1. The van der Waals surface area contributed by atoms with Gasteiger partial charge >= 0.3 is 0 Å². The van der Waals surface area contributed by atoms with E-state index in [-0.39, 0.29) is 24.0 Å². The van der Waals surface area contributed by atoms with Gasteiger partial charge in [0.05, 0.1) is 33.4 Å². The standard InChI is InChI=1S/C19H32N4O3.HI/c1-20-19(21-8-11-23-9-6-5-7-10-23)22-14-16-17(25-3)12-15(24-2)13-18(16)26-4;/h12-13H,5-11,14H2,1-4H3,(H2,20,21,22);1H. The first kappa shape index (κ1) is 23.6. The number of ether oxygens (including phenoxy) is 3. The fourth-order valence-corrected chi connectivity index (χ4v) is 3.16. The smallest absolute Gasteiger partial charge is 0.191 e. The second-order valence-corrected chi connectivity index (χ2v) is 6.27. The van der Waals surface area contributed by atoms with Crippen molar-refractivity contribution in [3.63, 3.8) is 0 Å². The number of aliphatic imine (C=N–C) groups is 1. The molecule has 1 heterocycles. The Morgan fingerprint density at radius 1 is 1.00 bits per heavy atom. The molecule has 27 heavy (non-hydrogen) atoms. The number of methoxy groups -OCH3 is 3. The quantitative estimate of drug-likeness (QED) is 0.330. The molecule has 0 amide bonds. The molecule has 0 unspecified atom stereocenters. The van der Waals surface area contributed by atoms with Gasteiger partial charge in [-0.15, -0.1) is 24.0 Å². The van der Waals surface area contributed by atoms with E-state index in [1.807, 2.05) is 12.1 Å². The van der Waals surface area contributed by atoms with Crippen molar-refractivity contribution in [2.24, 2.45) is 4.99 Å². The maximum Gasteiger partial charge on any atom is 0.191 e. The predicted molar refractivity (Wildman–Crippen MR) is 120 cm³/mol. The van der Waals surface area contributed by atoms with Gasteiger partial charge in [0.1, 0.15) is 17.2 Å². The fraction of sp³-hybridized carbons (Fsp3) is 0.632. The number of hydrogen-bond donors (Lipinski definition) is 2. The minimum atomic E-state index is 0. The van der Waals surface area contributed by atoms with Crippen LogP contribution in [-0.2, 0) is 6.54 Å². The zero-order valence-corrected chi connectivity index (χ0v) is 19.2. The van der Waals surface area contributed by atoms with Gasteiger partial charge in [-0.25, -0.2) is 0 Å².